The molecule has 0 atom stereocenters. The fourth-order valence-corrected chi connectivity index (χ4v) is 3.74. The molecular weight excluding hydrogens is 286 g/mol. The van der Waals surface area contributed by atoms with Crippen molar-refractivity contribution < 1.29 is 9.90 Å². The van der Waals surface area contributed by atoms with Crippen LogP contribution in [0.1, 0.15) is 44.1 Å². The average molecular weight is 311 g/mol. The second-order valence-electron chi connectivity index (χ2n) is 6.54. The van der Waals surface area contributed by atoms with Crippen molar-refractivity contribution in [1.82, 2.24) is 4.90 Å². The molecule has 23 heavy (non-hydrogen) atoms. The molecule has 0 aromatic heterocycles. The zero-order valence-electron chi connectivity index (χ0n) is 13.6. The van der Waals surface area contributed by atoms with E-state index in [2.05, 4.69) is 47.4 Å². The lowest BCUT2D eigenvalue weighted by Crippen LogP contribution is -2.34. The number of carbonyl (C=O) groups is 1. The second kappa shape index (κ2) is 7.60. The number of aliphatic carboxylic acids is 1. The molecule has 122 valence electrons. The van der Waals surface area contributed by atoms with Crippen LogP contribution in [0.15, 0.2) is 42.5 Å². The topological polar surface area (TPSA) is 40.5 Å². The molecule has 0 saturated heterocycles. The first-order chi connectivity index (χ1) is 11.2. The third-order valence-corrected chi connectivity index (χ3v) is 4.93. The number of nitrogens with zero attached hydrogens (tertiary/aromatic N) is 1. The van der Waals surface area contributed by atoms with Crippen molar-refractivity contribution in [3.8, 4) is 0 Å². The van der Waals surface area contributed by atoms with Crippen molar-refractivity contribution >= 4 is 16.7 Å². The van der Waals surface area contributed by atoms with Crippen LogP contribution in [0.2, 0.25) is 0 Å². The summed E-state index contributed by atoms with van der Waals surface area (Å²) in [5, 5.41) is 11.5. The van der Waals surface area contributed by atoms with E-state index >= 15 is 0 Å². The van der Waals surface area contributed by atoms with E-state index in [1.807, 2.05) is 0 Å². The Morgan fingerprint density at radius 1 is 1.09 bits per heavy atom. The van der Waals surface area contributed by atoms with Crippen LogP contribution in [-0.4, -0.2) is 28.6 Å². The summed E-state index contributed by atoms with van der Waals surface area (Å²) in [6.07, 6.45) is 6.09. The van der Waals surface area contributed by atoms with Gasteiger partial charge in [-0.3, -0.25) is 9.69 Å². The molecular formula is C20H25NO2. The summed E-state index contributed by atoms with van der Waals surface area (Å²) in [4.78, 5) is 13.3. The van der Waals surface area contributed by atoms with Crippen molar-refractivity contribution in [3.63, 3.8) is 0 Å². The molecule has 3 heteroatoms. The summed E-state index contributed by atoms with van der Waals surface area (Å²) in [6, 6.07) is 15.6. The standard InChI is InChI=1S/C20H25NO2/c22-20(23)13-6-14-21(18-10-2-3-11-18)15-17-9-5-8-16-7-1-4-12-19(16)17/h1,4-5,7-9,12,18H,2-3,6,10-11,13-15H2,(H,22,23). The molecule has 1 N–H and O–H groups in total. The smallest absolute Gasteiger partial charge is 0.303 e. The number of fused-ring (bicyclic) bond motifs is 1. The van der Waals surface area contributed by atoms with Gasteiger partial charge in [-0.1, -0.05) is 55.3 Å². The minimum Gasteiger partial charge on any atom is -0.481 e. The fraction of sp³-hybridized carbons (Fsp3) is 0.450. The van der Waals surface area contributed by atoms with Crippen molar-refractivity contribution in [1.29, 1.82) is 0 Å². The molecule has 3 nitrogen and oxygen atoms in total. The summed E-state index contributed by atoms with van der Waals surface area (Å²) >= 11 is 0. The normalized spacial score (nSPS) is 15.5. The van der Waals surface area contributed by atoms with Crippen molar-refractivity contribution in [2.45, 2.75) is 51.1 Å². The van der Waals surface area contributed by atoms with Crippen LogP contribution in [0.25, 0.3) is 10.8 Å². The van der Waals surface area contributed by atoms with Gasteiger partial charge >= 0.3 is 5.97 Å². The van der Waals surface area contributed by atoms with Crippen LogP contribution in [0, 0.1) is 0 Å². The van der Waals surface area contributed by atoms with Crippen molar-refractivity contribution in [3.05, 3.63) is 48.0 Å². The minimum atomic E-state index is -0.693. The largest absolute Gasteiger partial charge is 0.481 e. The molecule has 1 aliphatic rings. The highest BCUT2D eigenvalue weighted by atomic mass is 16.4. The molecule has 0 radical (unpaired) electrons. The lowest BCUT2D eigenvalue weighted by Gasteiger charge is -2.29. The maximum atomic E-state index is 10.8. The zero-order valence-corrected chi connectivity index (χ0v) is 13.6. The summed E-state index contributed by atoms with van der Waals surface area (Å²) in [5.74, 6) is -0.693. The Morgan fingerprint density at radius 3 is 2.61 bits per heavy atom. The molecule has 0 amide bonds. The van der Waals surface area contributed by atoms with E-state index in [0.717, 1.165) is 19.5 Å². The Morgan fingerprint density at radius 2 is 1.83 bits per heavy atom. The highest BCUT2D eigenvalue weighted by molar-refractivity contribution is 5.85. The molecule has 0 spiro atoms. The maximum Gasteiger partial charge on any atom is 0.303 e. The van der Waals surface area contributed by atoms with Gasteiger partial charge in [0.15, 0.2) is 0 Å². The van der Waals surface area contributed by atoms with Crippen LogP contribution in [-0.2, 0) is 11.3 Å². The van der Waals surface area contributed by atoms with Gasteiger partial charge in [0.25, 0.3) is 0 Å². The molecule has 2 aromatic rings. The third-order valence-electron chi connectivity index (χ3n) is 4.93. The first-order valence-corrected chi connectivity index (χ1v) is 8.66. The number of rotatable bonds is 7. The lowest BCUT2D eigenvalue weighted by atomic mass is 10.0. The third kappa shape index (κ3) is 4.11. The molecule has 1 aliphatic carbocycles. The van der Waals surface area contributed by atoms with Crippen LogP contribution in [0.3, 0.4) is 0 Å². The van der Waals surface area contributed by atoms with Gasteiger partial charge in [-0.2, -0.15) is 0 Å². The molecule has 0 unspecified atom stereocenters. The van der Waals surface area contributed by atoms with Crippen LogP contribution in [0.4, 0.5) is 0 Å². The fourth-order valence-electron chi connectivity index (χ4n) is 3.74. The average Bonchev–Trinajstić information content (AvgIpc) is 3.08. The number of hydrogen-bond donors (Lipinski definition) is 1. The van der Waals surface area contributed by atoms with Crippen molar-refractivity contribution in [2.75, 3.05) is 6.54 Å². The predicted octanol–water partition coefficient (Wildman–Crippen LogP) is 4.45. The number of benzene rings is 2. The molecule has 0 heterocycles. The van der Waals surface area contributed by atoms with E-state index < -0.39 is 5.97 Å². The van der Waals surface area contributed by atoms with Gasteiger partial charge in [0.1, 0.15) is 0 Å². The summed E-state index contributed by atoms with van der Waals surface area (Å²) in [7, 11) is 0. The maximum absolute atomic E-state index is 10.8. The van der Waals surface area contributed by atoms with Gasteiger partial charge in [0, 0.05) is 19.0 Å². The Hall–Kier alpha value is -1.87. The monoisotopic (exact) mass is 311 g/mol. The predicted molar refractivity (Wildman–Crippen MR) is 93.5 cm³/mol. The highest BCUT2D eigenvalue weighted by Crippen LogP contribution is 2.27. The van der Waals surface area contributed by atoms with Crippen LogP contribution < -0.4 is 0 Å². The Kier molecular flexibility index (Phi) is 5.29. The molecule has 2 aromatic carbocycles. The van der Waals surface area contributed by atoms with Gasteiger partial charge in [-0.05, 0) is 42.1 Å². The Labute approximate surface area is 137 Å². The molecule has 0 bridgehead atoms. The van der Waals surface area contributed by atoms with Gasteiger partial charge in [0.2, 0.25) is 0 Å². The van der Waals surface area contributed by atoms with Gasteiger partial charge in [0.05, 0.1) is 0 Å². The SMILES string of the molecule is O=C(O)CCCN(Cc1cccc2ccccc12)C1CCCC1. The molecule has 1 saturated carbocycles. The van der Waals surface area contributed by atoms with E-state index in [1.54, 1.807) is 0 Å². The van der Waals surface area contributed by atoms with Gasteiger partial charge in [-0.15, -0.1) is 0 Å². The lowest BCUT2D eigenvalue weighted by molar-refractivity contribution is -0.137. The van der Waals surface area contributed by atoms with E-state index in [4.69, 9.17) is 5.11 Å². The number of carboxylic acid groups (broad SMARTS) is 1. The number of carboxylic acids is 1. The molecule has 3 rings (SSSR count). The Bertz CT molecular complexity index is 656. The van der Waals surface area contributed by atoms with E-state index in [9.17, 15) is 4.79 Å². The quantitative estimate of drug-likeness (QED) is 0.821. The summed E-state index contributed by atoms with van der Waals surface area (Å²) < 4.78 is 0. The summed E-state index contributed by atoms with van der Waals surface area (Å²) in [6.45, 7) is 1.80. The van der Waals surface area contributed by atoms with Crippen LogP contribution in [0.5, 0.6) is 0 Å². The van der Waals surface area contributed by atoms with E-state index in [1.165, 1.54) is 42.0 Å². The molecule has 0 aliphatic heterocycles. The summed E-state index contributed by atoms with van der Waals surface area (Å²) in [5.41, 5.74) is 1.35. The second-order valence-corrected chi connectivity index (χ2v) is 6.54. The first-order valence-electron chi connectivity index (χ1n) is 8.66. The minimum absolute atomic E-state index is 0.263. The van der Waals surface area contributed by atoms with E-state index in [0.29, 0.717) is 6.04 Å². The van der Waals surface area contributed by atoms with Gasteiger partial charge < -0.3 is 5.11 Å². The zero-order chi connectivity index (χ0) is 16.1. The number of hydrogen-bond acceptors (Lipinski definition) is 2. The first kappa shape index (κ1) is 16.0. The van der Waals surface area contributed by atoms with Crippen molar-refractivity contribution in [2.24, 2.45) is 0 Å². The van der Waals surface area contributed by atoms with E-state index in [-0.39, 0.29) is 6.42 Å². The Balaban J connectivity index is 1.77. The highest BCUT2D eigenvalue weighted by Gasteiger charge is 2.23. The molecule has 1 fully saturated rings. The van der Waals surface area contributed by atoms with Gasteiger partial charge in [-0.25, -0.2) is 0 Å². The van der Waals surface area contributed by atoms with Crippen LogP contribution >= 0.6 is 0 Å².